The van der Waals surface area contributed by atoms with E-state index < -0.39 is 5.97 Å². The zero-order chi connectivity index (χ0) is 18.6. The third-order valence-electron chi connectivity index (χ3n) is 4.57. The summed E-state index contributed by atoms with van der Waals surface area (Å²) in [4.78, 5) is 18.9. The van der Waals surface area contributed by atoms with E-state index in [2.05, 4.69) is 49.8 Å². The quantitative estimate of drug-likeness (QED) is 0.571. The fourth-order valence-corrected chi connectivity index (χ4v) is 3.30. The number of H-pyrrole nitrogens is 1. The summed E-state index contributed by atoms with van der Waals surface area (Å²) in [5, 5.41) is 0. The van der Waals surface area contributed by atoms with Crippen LogP contribution in [0.3, 0.4) is 0 Å². The van der Waals surface area contributed by atoms with Gasteiger partial charge in [-0.05, 0) is 69.6 Å². The maximum absolute atomic E-state index is 11.8. The lowest BCUT2D eigenvalue weighted by molar-refractivity contribution is 0.0364. The van der Waals surface area contributed by atoms with Crippen molar-refractivity contribution in [3.63, 3.8) is 0 Å². The number of nitrogens with zero attached hydrogens (tertiary/aromatic N) is 1. The SMILES string of the molecule is CC1=C(C=C/C(C)=C/c2cnc(C(=O)OC(C)C)[nH]2)C(C)(C)CCC1. The second kappa shape index (κ2) is 7.85. The Kier molecular flexibility index (Phi) is 6.04. The summed E-state index contributed by atoms with van der Waals surface area (Å²) in [5.74, 6) is -0.184. The Balaban J connectivity index is 2.12. The molecule has 0 amide bonds. The minimum Gasteiger partial charge on any atom is -0.457 e. The van der Waals surface area contributed by atoms with Crippen molar-refractivity contribution < 1.29 is 9.53 Å². The van der Waals surface area contributed by atoms with Gasteiger partial charge in [-0.15, -0.1) is 0 Å². The second-order valence-corrected chi connectivity index (χ2v) is 7.79. The third kappa shape index (κ3) is 5.18. The summed E-state index contributed by atoms with van der Waals surface area (Å²) in [6, 6.07) is 0. The number of nitrogens with one attached hydrogen (secondary N) is 1. The van der Waals surface area contributed by atoms with Gasteiger partial charge in [0.2, 0.25) is 5.82 Å². The third-order valence-corrected chi connectivity index (χ3v) is 4.57. The minimum absolute atomic E-state index is 0.156. The van der Waals surface area contributed by atoms with Crippen molar-refractivity contribution in [1.82, 2.24) is 9.97 Å². The molecule has 0 spiro atoms. The van der Waals surface area contributed by atoms with Gasteiger partial charge in [-0.25, -0.2) is 9.78 Å². The van der Waals surface area contributed by atoms with Gasteiger partial charge in [-0.3, -0.25) is 0 Å². The fraction of sp³-hybridized carbons (Fsp3) is 0.524. The molecule has 0 aliphatic heterocycles. The molecule has 1 aromatic heterocycles. The van der Waals surface area contributed by atoms with Crippen molar-refractivity contribution >= 4 is 12.0 Å². The maximum atomic E-state index is 11.8. The first-order valence-corrected chi connectivity index (χ1v) is 9.01. The zero-order valence-electron chi connectivity index (χ0n) is 16.3. The summed E-state index contributed by atoms with van der Waals surface area (Å²) in [6.07, 6.45) is 11.6. The monoisotopic (exact) mass is 342 g/mol. The van der Waals surface area contributed by atoms with Gasteiger partial charge in [-0.2, -0.15) is 0 Å². The zero-order valence-corrected chi connectivity index (χ0v) is 16.3. The number of allylic oxidation sites excluding steroid dienone is 5. The van der Waals surface area contributed by atoms with E-state index in [-0.39, 0.29) is 17.3 Å². The van der Waals surface area contributed by atoms with Crippen molar-refractivity contribution in [2.45, 2.75) is 66.9 Å². The first-order chi connectivity index (χ1) is 11.7. The second-order valence-electron chi connectivity index (χ2n) is 7.79. The van der Waals surface area contributed by atoms with E-state index in [1.54, 1.807) is 6.20 Å². The van der Waals surface area contributed by atoms with Gasteiger partial charge in [0.1, 0.15) is 0 Å². The lowest BCUT2D eigenvalue weighted by atomic mass is 9.72. The number of rotatable bonds is 5. The van der Waals surface area contributed by atoms with Crippen LogP contribution in [0.5, 0.6) is 0 Å². The Morgan fingerprint density at radius 3 is 2.76 bits per heavy atom. The number of ether oxygens (including phenoxy) is 1. The standard InChI is InChI=1S/C21H30N2O2/c1-14(2)25-20(24)19-22-13-17(23-19)12-15(3)9-10-18-16(4)8-7-11-21(18,5)6/h9-10,12-14H,7-8,11H2,1-6H3,(H,22,23)/b10-9?,15-12+. The molecule has 0 radical (unpaired) electrons. The summed E-state index contributed by atoms with van der Waals surface area (Å²) in [6.45, 7) is 12.6. The number of hydrogen-bond acceptors (Lipinski definition) is 3. The Morgan fingerprint density at radius 1 is 1.40 bits per heavy atom. The van der Waals surface area contributed by atoms with E-state index in [0.29, 0.717) is 0 Å². The summed E-state index contributed by atoms with van der Waals surface area (Å²) >= 11 is 0. The highest BCUT2D eigenvalue weighted by atomic mass is 16.5. The first kappa shape index (κ1) is 19.2. The molecule has 0 saturated heterocycles. The molecule has 4 heteroatoms. The molecule has 0 bridgehead atoms. The Bertz CT molecular complexity index is 718. The number of hydrogen-bond donors (Lipinski definition) is 1. The van der Waals surface area contributed by atoms with E-state index in [1.165, 1.54) is 30.4 Å². The smallest absolute Gasteiger partial charge is 0.374 e. The van der Waals surface area contributed by atoms with Crippen molar-refractivity contribution in [1.29, 1.82) is 0 Å². The molecular formula is C21H30N2O2. The number of aromatic nitrogens is 2. The number of imidazole rings is 1. The first-order valence-electron chi connectivity index (χ1n) is 9.01. The average molecular weight is 342 g/mol. The molecule has 25 heavy (non-hydrogen) atoms. The van der Waals surface area contributed by atoms with Gasteiger partial charge in [-0.1, -0.05) is 31.6 Å². The highest BCUT2D eigenvalue weighted by Crippen LogP contribution is 2.40. The molecule has 1 N–H and O–H groups in total. The lowest BCUT2D eigenvalue weighted by Crippen LogP contribution is -2.19. The highest BCUT2D eigenvalue weighted by molar-refractivity contribution is 5.85. The Labute approximate surface area is 151 Å². The predicted octanol–water partition coefficient (Wildman–Crippen LogP) is 5.46. The molecule has 136 valence electrons. The summed E-state index contributed by atoms with van der Waals surface area (Å²) < 4.78 is 5.14. The molecule has 1 aliphatic rings. The van der Waals surface area contributed by atoms with Crippen LogP contribution in [0.2, 0.25) is 0 Å². The maximum Gasteiger partial charge on any atom is 0.374 e. The van der Waals surface area contributed by atoms with Crippen molar-refractivity contribution in [2.75, 3.05) is 0 Å². The molecule has 0 unspecified atom stereocenters. The number of carbonyl (C=O) groups excluding carboxylic acids is 1. The molecule has 2 rings (SSSR count). The topological polar surface area (TPSA) is 55.0 Å². The van der Waals surface area contributed by atoms with Crippen LogP contribution < -0.4 is 0 Å². The van der Waals surface area contributed by atoms with Gasteiger partial charge in [0.05, 0.1) is 18.0 Å². The largest absolute Gasteiger partial charge is 0.457 e. The van der Waals surface area contributed by atoms with Gasteiger partial charge >= 0.3 is 5.97 Å². The predicted molar refractivity (Wildman–Crippen MR) is 102 cm³/mol. The van der Waals surface area contributed by atoms with E-state index in [0.717, 1.165) is 11.3 Å². The lowest BCUT2D eigenvalue weighted by Gasteiger charge is -2.32. The molecule has 1 aromatic rings. The van der Waals surface area contributed by atoms with Crippen LogP contribution in [0.1, 0.15) is 77.1 Å². The van der Waals surface area contributed by atoms with Gasteiger partial charge < -0.3 is 9.72 Å². The summed E-state index contributed by atoms with van der Waals surface area (Å²) in [7, 11) is 0. The van der Waals surface area contributed by atoms with Gasteiger partial charge in [0.25, 0.3) is 0 Å². The Morgan fingerprint density at radius 2 is 2.12 bits per heavy atom. The fourth-order valence-electron chi connectivity index (χ4n) is 3.30. The van der Waals surface area contributed by atoms with E-state index in [1.807, 2.05) is 19.9 Å². The Hall–Kier alpha value is -2.10. The molecular weight excluding hydrogens is 312 g/mol. The average Bonchev–Trinajstić information content (AvgIpc) is 2.94. The molecule has 1 heterocycles. The van der Waals surface area contributed by atoms with Crippen molar-refractivity contribution in [3.8, 4) is 0 Å². The van der Waals surface area contributed by atoms with Gasteiger partial charge in [0.15, 0.2) is 0 Å². The normalized spacial score (nSPS) is 18.3. The molecule has 4 nitrogen and oxygen atoms in total. The van der Waals surface area contributed by atoms with Crippen LogP contribution in [0.15, 0.2) is 35.1 Å². The highest BCUT2D eigenvalue weighted by Gasteiger charge is 2.26. The number of aromatic amines is 1. The molecule has 0 atom stereocenters. The van der Waals surface area contributed by atoms with Crippen LogP contribution in [-0.4, -0.2) is 22.0 Å². The molecule has 0 aromatic carbocycles. The minimum atomic E-state index is -0.424. The van der Waals surface area contributed by atoms with Crippen LogP contribution in [0, 0.1) is 5.41 Å². The van der Waals surface area contributed by atoms with Crippen molar-refractivity contribution in [3.05, 3.63) is 46.6 Å². The van der Waals surface area contributed by atoms with Crippen LogP contribution in [0.25, 0.3) is 6.08 Å². The van der Waals surface area contributed by atoms with E-state index in [9.17, 15) is 4.79 Å². The molecule has 1 aliphatic carbocycles. The number of carbonyl (C=O) groups is 1. The molecule has 0 saturated carbocycles. The number of esters is 1. The van der Waals surface area contributed by atoms with E-state index in [4.69, 9.17) is 4.74 Å². The van der Waals surface area contributed by atoms with Crippen LogP contribution in [-0.2, 0) is 4.74 Å². The van der Waals surface area contributed by atoms with Crippen LogP contribution in [0.4, 0.5) is 0 Å². The van der Waals surface area contributed by atoms with Crippen LogP contribution >= 0.6 is 0 Å². The van der Waals surface area contributed by atoms with E-state index >= 15 is 0 Å². The van der Waals surface area contributed by atoms with Crippen molar-refractivity contribution in [2.24, 2.45) is 5.41 Å². The summed E-state index contributed by atoms with van der Waals surface area (Å²) in [5.41, 5.74) is 5.07. The molecule has 0 fully saturated rings. The van der Waals surface area contributed by atoms with Gasteiger partial charge in [0, 0.05) is 0 Å².